The van der Waals surface area contributed by atoms with Crippen molar-refractivity contribution in [3.8, 4) is 57.0 Å². The monoisotopic (exact) mass is 1510 g/mol. The number of halogens is 2. The van der Waals surface area contributed by atoms with E-state index in [2.05, 4.69) is 260 Å². The van der Waals surface area contributed by atoms with Gasteiger partial charge in [-0.2, -0.15) is 0 Å². The molecule has 0 unspecified atom stereocenters. The molecule has 0 saturated carbocycles. The zero-order valence-electron chi connectivity index (χ0n) is 55.6. The van der Waals surface area contributed by atoms with Crippen molar-refractivity contribution in [2.45, 2.75) is 26.4 Å². The van der Waals surface area contributed by atoms with Crippen molar-refractivity contribution in [1.82, 2.24) is 23.3 Å². The normalized spacial score (nSPS) is 11.3. The summed E-state index contributed by atoms with van der Waals surface area (Å²) < 4.78 is 64.8. The summed E-state index contributed by atoms with van der Waals surface area (Å²) in [5.74, 6) is 1.00. The average Bonchev–Trinajstić information content (AvgIpc) is 1.56. The topological polar surface area (TPSA) is 89.8 Å². The fourth-order valence-corrected chi connectivity index (χ4v) is 14.3. The van der Waals surface area contributed by atoms with Crippen molar-refractivity contribution in [3.63, 3.8) is 0 Å². The Morgan fingerprint density at radius 3 is 0.922 bits per heavy atom. The third-order valence-electron chi connectivity index (χ3n) is 18.6. The zero-order chi connectivity index (χ0) is 67.2. The molecular weight excluding hydrogens is 1450 g/mol. The smallest absolute Gasteiger partial charge is 0.123 e. The van der Waals surface area contributed by atoms with Gasteiger partial charge in [-0.1, -0.05) is 163 Å². The van der Waals surface area contributed by atoms with Gasteiger partial charge in [0.05, 0.1) is 44.1 Å². The van der Waals surface area contributed by atoms with E-state index in [0.717, 1.165) is 108 Å². The Morgan fingerprint density at radius 1 is 0.324 bits per heavy atom. The fourth-order valence-electron chi connectivity index (χ4n) is 14.3. The van der Waals surface area contributed by atoms with Gasteiger partial charge >= 0.3 is 0 Å². The van der Waals surface area contributed by atoms with E-state index in [1.54, 1.807) is 18.3 Å². The summed E-state index contributed by atoms with van der Waals surface area (Å²) in [6.45, 7) is 0.830. The molecule has 0 amide bonds. The Balaban J connectivity index is 0.00000209. The molecule has 13 aromatic carbocycles. The van der Waals surface area contributed by atoms with Gasteiger partial charge in [0.2, 0.25) is 0 Å². The van der Waals surface area contributed by atoms with Crippen LogP contribution in [-0.2, 0) is 46.5 Å². The minimum Gasteiger partial charge on any atom is -0.489 e. The molecule has 13 heteroatoms. The van der Waals surface area contributed by atoms with Gasteiger partial charge < -0.3 is 54.7 Å². The zero-order valence-corrected chi connectivity index (χ0v) is 58.0. The Kier molecular flexibility index (Phi) is 18.2. The van der Waals surface area contributed by atoms with Gasteiger partial charge in [-0.05, 0) is 155 Å². The van der Waals surface area contributed by atoms with Crippen molar-refractivity contribution in [2.75, 3.05) is 7.11 Å². The van der Waals surface area contributed by atoms with Crippen LogP contribution < -0.4 is 18.9 Å². The molecule has 0 fully saturated rings. The summed E-state index contributed by atoms with van der Waals surface area (Å²) in [4.78, 5) is 4.30. The summed E-state index contributed by atoms with van der Waals surface area (Å²) in [5, 5.41) is 16.4. The van der Waals surface area contributed by atoms with Crippen LogP contribution in [0, 0.1) is 25.1 Å². The molecule has 0 aliphatic heterocycles. The molecule has 5 aromatic heterocycles. The molecule has 10 nitrogen and oxygen atoms in total. The van der Waals surface area contributed by atoms with Crippen molar-refractivity contribution < 1.29 is 52.9 Å². The number of hydrogen-bond donors (Lipinski definition) is 1. The average molecular weight is 1510 g/mol. The van der Waals surface area contributed by atoms with Crippen molar-refractivity contribution >= 4 is 87.2 Å². The molecule has 0 atom stereocenters. The van der Waals surface area contributed by atoms with Gasteiger partial charge in [0, 0.05) is 117 Å². The number of benzene rings is 13. The molecule has 18 rings (SSSR count). The first-order chi connectivity index (χ1) is 49.4. The summed E-state index contributed by atoms with van der Waals surface area (Å²) in [7, 11) is 1.00. The maximum absolute atomic E-state index is 14.7. The first-order valence-electron chi connectivity index (χ1n) is 33.1. The minimum absolute atomic E-state index is 0. The minimum atomic E-state index is -0.736. The van der Waals surface area contributed by atoms with E-state index in [9.17, 15) is 8.78 Å². The Hall–Kier alpha value is -12.1. The second-order valence-electron chi connectivity index (χ2n) is 24.7. The second kappa shape index (κ2) is 28.2. The number of hydrogen-bond acceptors (Lipinski definition) is 6. The number of ether oxygens (including phenoxy) is 4. The Labute approximate surface area is 601 Å². The molecule has 18 aromatic rings. The van der Waals surface area contributed by atoms with Crippen LogP contribution in [0.1, 0.15) is 22.3 Å². The van der Waals surface area contributed by atoms with E-state index in [4.69, 9.17) is 24.1 Å². The summed E-state index contributed by atoms with van der Waals surface area (Å²) >= 11 is 0. The van der Waals surface area contributed by atoms with Crippen LogP contribution in [0.5, 0.6) is 23.0 Å². The molecule has 5 heterocycles. The predicted molar refractivity (Wildman–Crippen MR) is 403 cm³/mol. The van der Waals surface area contributed by atoms with E-state index < -0.39 is 11.6 Å². The van der Waals surface area contributed by atoms with E-state index in [1.165, 1.54) is 43.1 Å². The van der Waals surface area contributed by atoms with E-state index in [-0.39, 0.29) is 59.5 Å². The summed E-state index contributed by atoms with van der Waals surface area (Å²) in [6.07, 6.45) is 1.57. The van der Waals surface area contributed by atoms with Crippen LogP contribution in [0.15, 0.2) is 303 Å². The number of aliphatic hydroxyl groups excluding tert-OH is 1. The van der Waals surface area contributed by atoms with E-state index in [1.807, 2.05) is 42.5 Å². The van der Waals surface area contributed by atoms with E-state index >= 15 is 0 Å². The quantitative estimate of drug-likeness (QED) is 0.0914. The maximum Gasteiger partial charge on any atom is 0.123 e. The molecule has 0 aliphatic rings. The number of pyridine rings is 1. The van der Waals surface area contributed by atoms with Gasteiger partial charge in [-0.3, -0.25) is 8.78 Å². The molecule has 1 radical (unpaired) electrons. The maximum atomic E-state index is 14.7. The fraction of sp³-hybridized carbons (Fsp3) is 0.0562. The van der Waals surface area contributed by atoms with Gasteiger partial charge in [0.25, 0.3) is 0 Å². The van der Waals surface area contributed by atoms with Crippen LogP contribution in [0.4, 0.5) is 8.78 Å². The summed E-state index contributed by atoms with van der Waals surface area (Å²) in [6, 6.07) is 104. The molecule has 0 saturated heterocycles. The SMILES string of the molecule is CO.Fc1c[c-]c(-c2cc(COc3ccc(OCc4cc(OCc5cc(-n6c7ccccc7c7ccccc76)cc(-n6c7ccccc7c7ccccc76)c5)cc(OCc5cc(-n6c7ccccc7c7ccccc76)cc(-n6c7ccccc7c7ccccc76)c5)c4)cc3)ccn2)c(F)c1.[CH3-].[Ir]. The number of aromatic nitrogens is 5. The molecular formula is C89H65F2IrN5O5-2. The van der Waals surface area contributed by atoms with E-state index in [0.29, 0.717) is 28.7 Å². The molecule has 501 valence electrons. The third kappa shape index (κ3) is 12.2. The molecule has 0 bridgehead atoms. The van der Waals surface area contributed by atoms with Crippen molar-refractivity contribution in [1.29, 1.82) is 0 Å². The molecule has 1 N–H and O–H groups in total. The predicted octanol–water partition coefficient (Wildman–Crippen LogP) is 21.6. The number of nitrogens with zero attached hydrogens (tertiary/aromatic N) is 5. The number of rotatable bonds is 17. The Bertz CT molecular complexity index is 5380. The van der Waals surface area contributed by atoms with Crippen LogP contribution in [0.2, 0.25) is 0 Å². The van der Waals surface area contributed by atoms with Crippen LogP contribution >= 0.6 is 0 Å². The number of fused-ring (bicyclic) bond motifs is 12. The number of para-hydroxylation sites is 8. The van der Waals surface area contributed by atoms with Gasteiger partial charge in [0.1, 0.15) is 49.4 Å². The first-order valence-corrected chi connectivity index (χ1v) is 33.1. The van der Waals surface area contributed by atoms with Crippen LogP contribution in [0.25, 0.3) is 121 Å². The van der Waals surface area contributed by atoms with Gasteiger partial charge in [-0.15, -0.1) is 12.1 Å². The summed E-state index contributed by atoms with van der Waals surface area (Å²) in [5.41, 5.74) is 16.9. The first kappa shape index (κ1) is 65.8. The van der Waals surface area contributed by atoms with Crippen LogP contribution in [-0.4, -0.2) is 35.5 Å². The van der Waals surface area contributed by atoms with Crippen molar-refractivity contribution in [3.05, 3.63) is 351 Å². The molecule has 0 spiro atoms. The van der Waals surface area contributed by atoms with Gasteiger partial charge in [-0.25, -0.2) is 0 Å². The van der Waals surface area contributed by atoms with Crippen molar-refractivity contribution in [2.24, 2.45) is 0 Å². The Morgan fingerprint density at radius 2 is 0.608 bits per heavy atom. The third-order valence-corrected chi connectivity index (χ3v) is 18.6. The number of aliphatic hydroxyl groups is 1. The largest absolute Gasteiger partial charge is 0.489 e. The van der Waals surface area contributed by atoms with Gasteiger partial charge in [0.15, 0.2) is 0 Å². The second-order valence-corrected chi connectivity index (χ2v) is 24.7. The molecule has 0 aliphatic carbocycles. The van der Waals surface area contributed by atoms with Crippen LogP contribution in [0.3, 0.4) is 0 Å². The molecule has 102 heavy (non-hydrogen) atoms. The standard InChI is InChI=1S/C87H58F2N5O4.CH4O.CH3.Ir/c88-60-33-38-77(78(89)48-60)79-47-56(39-40-90-79)52-95-65-34-36-66(37-35-65)96-55-59-45-67(97-53-57-41-61(91-80-25-9-1-17-69(80)70-18-2-10-26-81(70)91)49-62(42-57)92-82-27-11-3-19-71(82)72-20-4-12-28-83(72)92)51-68(46-59)98-54-58-43-63(93-84-29-13-5-21-73(84)74-22-6-14-30-85(74)93)50-64(44-58)94-86-31-15-7-23-75(86)76-24-8-16-32-87(76)94;1-2;;/h1-37,39-51H,52-55H2;2H,1H3;1H3;/q-1;;-1;.